The highest BCUT2D eigenvalue weighted by Crippen LogP contribution is 2.22. The predicted molar refractivity (Wildman–Crippen MR) is 98.0 cm³/mol. The molecule has 1 fully saturated rings. The number of benzene rings is 1. The highest BCUT2D eigenvalue weighted by molar-refractivity contribution is 7.99. The maximum Gasteiger partial charge on any atom is 0.321 e. The summed E-state index contributed by atoms with van der Waals surface area (Å²) in [6.07, 6.45) is 2.58. The van der Waals surface area contributed by atoms with E-state index in [4.69, 9.17) is 4.74 Å². The molecule has 6 heteroatoms. The molecular weight excluding hydrogens is 322 g/mol. The number of hydrogen-bond acceptors (Lipinski definition) is 4. The van der Waals surface area contributed by atoms with Gasteiger partial charge in [-0.3, -0.25) is 0 Å². The van der Waals surface area contributed by atoms with E-state index in [0.29, 0.717) is 11.6 Å². The zero-order valence-corrected chi connectivity index (χ0v) is 14.5. The standard InChI is InChI=1S/C18H21N3O2S/c1-2-14-4-3-5-16(12-14)23-17-7-6-15(13-19-17)20-18(22)21-8-10-24-11-9-21/h3-7,12-13H,2,8-11H2,1H3,(H,20,22). The van der Waals surface area contributed by atoms with Gasteiger partial charge in [0.2, 0.25) is 5.88 Å². The Hall–Kier alpha value is -2.21. The van der Waals surface area contributed by atoms with Crippen molar-refractivity contribution in [3.63, 3.8) is 0 Å². The SMILES string of the molecule is CCc1cccc(Oc2ccc(NC(=O)N3CCSCC3)cn2)c1. The first-order valence-corrected chi connectivity index (χ1v) is 9.26. The second kappa shape index (κ2) is 8.06. The average molecular weight is 343 g/mol. The topological polar surface area (TPSA) is 54.5 Å². The van der Waals surface area contributed by atoms with Crippen LogP contribution in [0.2, 0.25) is 0 Å². The van der Waals surface area contributed by atoms with E-state index in [9.17, 15) is 4.79 Å². The molecule has 0 aliphatic carbocycles. The van der Waals surface area contributed by atoms with Crippen LogP contribution >= 0.6 is 11.8 Å². The van der Waals surface area contributed by atoms with Gasteiger partial charge in [-0.15, -0.1) is 0 Å². The number of carbonyl (C=O) groups is 1. The first-order chi connectivity index (χ1) is 11.7. The van der Waals surface area contributed by atoms with Crippen LogP contribution in [0, 0.1) is 0 Å². The van der Waals surface area contributed by atoms with Gasteiger partial charge >= 0.3 is 6.03 Å². The molecule has 0 atom stereocenters. The summed E-state index contributed by atoms with van der Waals surface area (Å²) in [4.78, 5) is 18.3. The maximum atomic E-state index is 12.2. The summed E-state index contributed by atoms with van der Waals surface area (Å²) in [5.74, 6) is 3.27. The molecule has 0 spiro atoms. The van der Waals surface area contributed by atoms with E-state index in [0.717, 1.165) is 36.8 Å². The molecule has 0 saturated carbocycles. The Kier molecular flexibility index (Phi) is 5.59. The average Bonchev–Trinajstić information content (AvgIpc) is 2.64. The van der Waals surface area contributed by atoms with Gasteiger partial charge in [-0.25, -0.2) is 9.78 Å². The number of carbonyl (C=O) groups excluding carboxylic acids is 1. The summed E-state index contributed by atoms with van der Waals surface area (Å²) in [6.45, 7) is 3.69. The van der Waals surface area contributed by atoms with Crippen molar-refractivity contribution in [3.8, 4) is 11.6 Å². The van der Waals surface area contributed by atoms with Crippen LogP contribution in [-0.2, 0) is 6.42 Å². The van der Waals surface area contributed by atoms with E-state index in [2.05, 4.69) is 23.3 Å². The number of amides is 2. The largest absolute Gasteiger partial charge is 0.439 e. The van der Waals surface area contributed by atoms with Crippen LogP contribution < -0.4 is 10.1 Å². The smallest absolute Gasteiger partial charge is 0.321 e. The lowest BCUT2D eigenvalue weighted by Gasteiger charge is -2.26. The molecule has 2 heterocycles. The third-order valence-corrected chi connectivity index (χ3v) is 4.76. The lowest BCUT2D eigenvalue weighted by Crippen LogP contribution is -2.40. The molecule has 1 aromatic carbocycles. The van der Waals surface area contributed by atoms with Gasteiger partial charge in [0, 0.05) is 30.7 Å². The van der Waals surface area contributed by atoms with E-state index in [1.54, 1.807) is 12.3 Å². The zero-order valence-electron chi connectivity index (χ0n) is 13.7. The first-order valence-electron chi connectivity index (χ1n) is 8.11. The fourth-order valence-electron chi connectivity index (χ4n) is 2.43. The molecule has 1 saturated heterocycles. The molecule has 1 aliphatic rings. The first kappa shape index (κ1) is 16.6. The summed E-state index contributed by atoms with van der Waals surface area (Å²) >= 11 is 1.88. The lowest BCUT2D eigenvalue weighted by atomic mass is 10.2. The molecule has 2 amide bonds. The summed E-state index contributed by atoms with van der Waals surface area (Å²) in [6, 6.07) is 11.5. The van der Waals surface area contributed by atoms with Crippen molar-refractivity contribution < 1.29 is 9.53 Å². The lowest BCUT2D eigenvalue weighted by molar-refractivity contribution is 0.217. The molecule has 126 valence electrons. The van der Waals surface area contributed by atoms with E-state index in [-0.39, 0.29) is 6.03 Å². The van der Waals surface area contributed by atoms with Gasteiger partial charge in [0.15, 0.2) is 0 Å². The molecule has 5 nitrogen and oxygen atoms in total. The van der Waals surface area contributed by atoms with E-state index < -0.39 is 0 Å². The van der Waals surface area contributed by atoms with Crippen molar-refractivity contribution in [2.45, 2.75) is 13.3 Å². The van der Waals surface area contributed by atoms with Crippen molar-refractivity contribution in [2.24, 2.45) is 0 Å². The van der Waals surface area contributed by atoms with E-state index in [1.165, 1.54) is 5.56 Å². The molecular formula is C18H21N3O2S. The van der Waals surface area contributed by atoms with Gasteiger partial charge in [-0.2, -0.15) is 11.8 Å². The molecule has 1 aromatic heterocycles. The van der Waals surface area contributed by atoms with E-state index in [1.807, 2.05) is 40.9 Å². The number of ether oxygens (including phenoxy) is 1. The van der Waals surface area contributed by atoms with Crippen molar-refractivity contribution >= 4 is 23.5 Å². The van der Waals surface area contributed by atoms with Gasteiger partial charge in [-0.1, -0.05) is 19.1 Å². The van der Waals surface area contributed by atoms with Gasteiger partial charge in [0.1, 0.15) is 5.75 Å². The Morgan fingerprint density at radius 1 is 1.29 bits per heavy atom. The molecule has 3 rings (SSSR count). The fourth-order valence-corrected chi connectivity index (χ4v) is 3.34. The highest BCUT2D eigenvalue weighted by Gasteiger charge is 2.16. The van der Waals surface area contributed by atoms with Crippen LogP contribution in [0.15, 0.2) is 42.6 Å². The molecule has 0 radical (unpaired) electrons. The summed E-state index contributed by atoms with van der Waals surface area (Å²) < 4.78 is 5.76. The predicted octanol–water partition coefficient (Wildman–Crippen LogP) is 4.02. The normalized spacial score (nSPS) is 14.3. The number of anilines is 1. The zero-order chi connectivity index (χ0) is 16.8. The molecule has 24 heavy (non-hydrogen) atoms. The van der Waals surface area contributed by atoms with Crippen LogP contribution in [0.4, 0.5) is 10.5 Å². The number of nitrogens with one attached hydrogen (secondary N) is 1. The maximum absolute atomic E-state index is 12.2. The Labute approximate surface area is 146 Å². The Morgan fingerprint density at radius 2 is 2.12 bits per heavy atom. The van der Waals surface area contributed by atoms with Gasteiger partial charge in [0.05, 0.1) is 11.9 Å². The monoisotopic (exact) mass is 343 g/mol. The Balaban J connectivity index is 1.59. The number of thioether (sulfide) groups is 1. The number of nitrogens with zero attached hydrogens (tertiary/aromatic N) is 2. The highest BCUT2D eigenvalue weighted by atomic mass is 32.2. The minimum absolute atomic E-state index is 0.0681. The fraction of sp³-hybridized carbons (Fsp3) is 0.333. The quantitative estimate of drug-likeness (QED) is 0.911. The number of aryl methyl sites for hydroxylation is 1. The molecule has 0 bridgehead atoms. The van der Waals surface area contributed by atoms with E-state index >= 15 is 0 Å². The minimum atomic E-state index is -0.0681. The number of pyridine rings is 1. The van der Waals surface area contributed by atoms with Crippen molar-refractivity contribution in [1.29, 1.82) is 0 Å². The van der Waals surface area contributed by atoms with Crippen molar-refractivity contribution in [1.82, 2.24) is 9.88 Å². The number of urea groups is 1. The van der Waals surface area contributed by atoms with Crippen LogP contribution in [0.3, 0.4) is 0 Å². The molecule has 2 aromatic rings. The Bertz CT molecular complexity index is 685. The minimum Gasteiger partial charge on any atom is -0.439 e. The van der Waals surface area contributed by atoms with Crippen LogP contribution in [0.25, 0.3) is 0 Å². The van der Waals surface area contributed by atoms with Gasteiger partial charge < -0.3 is 15.0 Å². The molecule has 1 N–H and O–H groups in total. The van der Waals surface area contributed by atoms with Crippen LogP contribution in [0.5, 0.6) is 11.6 Å². The molecule has 1 aliphatic heterocycles. The van der Waals surface area contributed by atoms with Crippen LogP contribution in [0.1, 0.15) is 12.5 Å². The number of rotatable bonds is 4. The Morgan fingerprint density at radius 3 is 2.83 bits per heavy atom. The third-order valence-electron chi connectivity index (χ3n) is 3.82. The molecule has 0 unspecified atom stereocenters. The summed E-state index contributed by atoms with van der Waals surface area (Å²) in [5, 5.41) is 2.88. The van der Waals surface area contributed by atoms with Gasteiger partial charge in [-0.05, 0) is 30.2 Å². The third kappa shape index (κ3) is 4.41. The second-order valence-electron chi connectivity index (χ2n) is 5.52. The van der Waals surface area contributed by atoms with Crippen molar-refractivity contribution in [2.75, 3.05) is 29.9 Å². The summed E-state index contributed by atoms with van der Waals surface area (Å²) in [5.41, 5.74) is 1.89. The van der Waals surface area contributed by atoms with Gasteiger partial charge in [0.25, 0.3) is 0 Å². The number of hydrogen-bond donors (Lipinski definition) is 1. The second-order valence-corrected chi connectivity index (χ2v) is 6.74. The van der Waals surface area contributed by atoms with Crippen molar-refractivity contribution in [3.05, 3.63) is 48.2 Å². The summed E-state index contributed by atoms with van der Waals surface area (Å²) in [7, 11) is 0. The van der Waals surface area contributed by atoms with Crippen LogP contribution in [-0.4, -0.2) is 40.5 Å². The number of aromatic nitrogens is 1.